The molecule has 1 amide bonds. The van der Waals surface area contributed by atoms with E-state index in [-0.39, 0.29) is 11.7 Å². The summed E-state index contributed by atoms with van der Waals surface area (Å²) in [5.74, 6) is 0.0274. The summed E-state index contributed by atoms with van der Waals surface area (Å²) in [5, 5.41) is 12.2. The summed E-state index contributed by atoms with van der Waals surface area (Å²) < 4.78 is 0. The van der Waals surface area contributed by atoms with E-state index in [9.17, 15) is 9.90 Å². The first-order valence-electron chi connectivity index (χ1n) is 6.16. The molecule has 0 atom stereocenters. The average Bonchev–Trinajstić information content (AvgIpc) is 2.39. The minimum atomic E-state index is -0.632. The number of hydrogen-bond donors (Lipinski definition) is 2. The first-order valence-corrected chi connectivity index (χ1v) is 6.16. The van der Waals surface area contributed by atoms with E-state index < -0.39 is 5.41 Å². The molecular weight excluding hydrogens is 238 g/mol. The Morgan fingerprint density at radius 1 is 1.05 bits per heavy atom. The van der Waals surface area contributed by atoms with Gasteiger partial charge in [-0.2, -0.15) is 0 Å². The van der Waals surface area contributed by atoms with Gasteiger partial charge >= 0.3 is 0 Å². The second kappa shape index (κ2) is 5.14. The summed E-state index contributed by atoms with van der Waals surface area (Å²) in [4.78, 5) is 12.4. The van der Waals surface area contributed by atoms with Gasteiger partial charge in [0.05, 0.1) is 5.41 Å². The maximum atomic E-state index is 12.4. The smallest absolute Gasteiger partial charge is 0.234 e. The molecule has 0 aromatic heterocycles. The van der Waals surface area contributed by atoms with Crippen LogP contribution in [0.3, 0.4) is 0 Å². The minimum absolute atomic E-state index is 0.107. The Morgan fingerprint density at radius 3 is 2.37 bits per heavy atom. The van der Waals surface area contributed by atoms with Gasteiger partial charge < -0.3 is 10.4 Å². The monoisotopic (exact) mass is 255 g/mol. The Balaban J connectivity index is 2.20. The van der Waals surface area contributed by atoms with Crippen LogP contribution in [0.5, 0.6) is 5.75 Å². The van der Waals surface area contributed by atoms with Crippen molar-refractivity contribution in [1.82, 2.24) is 0 Å². The third kappa shape index (κ3) is 2.94. The maximum Gasteiger partial charge on any atom is 0.234 e. The summed E-state index contributed by atoms with van der Waals surface area (Å²) in [6.07, 6.45) is 0. The van der Waals surface area contributed by atoms with Crippen molar-refractivity contribution in [2.24, 2.45) is 0 Å². The fourth-order valence-electron chi connectivity index (χ4n) is 1.86. The van der Waals surface area contributed by atoms with Gasteiger partial charge in [-0.15, -0.1) is 0 Å². The Morgan fingerprint density at radius 2 is 1.74 bits per heavy atom. The van der Waals surface area contributed by atoms with E-state index in [0.29, 0.717) is 5.69 Å². The lowest BCUT2D eigenvalue weighted by atomic mass is 9.83. The molecule has 98 valence electrons. The normalized spacial score (nSPS) is 11.1. The highest BCUT2D eigenvalue weighted by atomic mass is 16.3. The topological polar surface area (TPSA) is 49.3 Å². The van der Waals surface area contributed by atoms with Crippen molar-refractivity contribution < 1.29 is 9.90 Å². The van der Waals surface area contributed by atoms with Crippen molar-refractivity contribution in [2.45, 2.75) is 19.3 Å². The van der Waals surface area contributed by atoms with Crippen LogP contribution in [0, 0.1) is 0 Å². The van der Waals surface area contributed by atoms with E-state index in [4.69, 9.17) is 0 Å². The second-order valence-electron chi connectivity index (χ2n) is 5.00. The molecule has 0 radical (unpaired) electrons. The SMILES string of the molecule is CC(C)(C(=O)Nc1cccc(O)c1)c1ccccc1. The van der Waals surface area contributed by atoms with Crippen molar-refractivity contribution in [3.63, 3.8) is 0 Å². The number of rotatable bonds is 3. The first-order chi connectivity index (χ1) is 9.00. The Bertz CT molecular complexity index is 576. The largest absolute Gasteiger partial charge is 0.508 e. The lowest BCUT2D eigenvalue weighted by Crippen LogP contribution is -2.34. The Kier molecular flexibility index (Phi) is 3.56. The molecule has 0 unspecified atom stereocenters. The molecule has 0 aliphatic rings. The number of aromatic hydroxyl groups is 1. The van der Waals surface area contributed by atoms with Gasteiger partial charge in [-0.1, -0.05) is 36.4 Å². The molecular formula is C16H17NO2. The van der Waals surface area contributed by atoms with Gasteiger partial charge in [0.1, 0.15) is 5.75 Å². The summed E-state index contributed by atoms with van der Waals surface area (Å²) in [6.45, 7) is 3.75. The fourth-order valence-corrected chi connectivity index (χ4v) is 1.86. The van der Waals surface area contributed by atoms with Gasteiger partial charge in [0.25, 0.3) is 0 Å². The van der Waals surface area contributed by atoms with Crippen LogP contribution < -0.4 is 5.32 Å². The molecule has 0 saturated carbocycles. The van der Waals surface area contributed by atoms with Gasteiger partial charge in [0.2, 0.25) is 5.91 Å². The molecule has 0 heterocycles. The molecule has 2 rings (SSSR count). The molecule has 0 fully saturated rings. The molecule has 0 spiro atoms. The summed E-state index contributed by atoms with van der Waals surface area (Å²) in [5.41, 5.74) is 0.911. The van der Waals surface area contributed by atoms with Crippen LogP contribution in [0.25, 0.3) is 0 Å². The van der Waals surface area contributed by atoms with Gasteiger partial charge in [-0.05, 0) is 31.5 Å². The standard InChI is InChI=1S/C16H17NO2/c1-16(2,12-7-4-3-5-8-12)15(19)17-13-9-6-10-14(18)11-13/h3-11,18H,1-2H3,(H,17,19). The molecule has 3 nitrogen and oxygen atoms in total. The number of phenols is 1. The zero-order valence-corrected chi connectivity index (χ0v) is 11.1. The van der Waals surface area contributed by atoms with E-state index >= 15 is 0 Å². The van der Waals surface area contributed by atoms with Crippen LogP contribution in [0.15, 0.2) is 54.6 Å². The number of carbonyl (C=O) groups excluding carboxylic acids is 1. The summed E-state index contributed by atoms with van der Waals surface area (Å²) in [7, 11) is 0. The lowest BCUT2D eigenvalue weighted by Gasteiger charge is -2.24. The van der Waals surface area contributed by atoms with Gasteiger partial charge in [-0.3, -0.25) is 4.79 Å². The summed E-state index contributed by atoms with van der Waals surface area (Å²) in [6, 6.07) is 16.2. The molecule has 0 aliphatic heterocycles. The molecule has 0 saturated heterocycles. The van der Waals surface area contributed by atoms with Crippen LogP contribution >= 0.6 is 0 Å². The third-order valence-electron chi connectivity index (χ3n) is 3.17. The van der Waals surface area contributed by atoms with E-state index in [2.05, 4.69) is 5.32 Å². The number of anilines is 1. The molecule has 2 N–H and O–H groups in total. The lowest BCUT2D eigenvalue weighted by molar-refractivity contribution is -0.120. The van der Waals surface area contributed by atoms with Crippen LogP contribution in [0.1, 0.15) is 19.4 Å². The average molecular weight is 255 g/mol. The van der Waals surface area contributed by atoms with Gasteiger partial charge in [0.15, 0.2) is 0 Å². The zero-order chi connectivity index (χ0) is 13.9. The van der Waals surface area contributed by atoms with Crippen molar-refractivity contribution in [3.8, 4) is 5.75 Å². The molecule has 2 aromatic carbocycles. The Labute approximate surface area is 112 Å². The van der Waals surface area contributed by atoms with Gasteiger partial charge in [0, 0.05) is 11.8 Å². The Hall–Kier alpha value is -2.29. The first kappa shape index (κ1) is 13.1. The van der Waals surface area contributed by atoms with Crippen LogP contribution in [0.4, 0.5) is 5.69 Å². The van der Waals surface area contributed by atoms with Crippen LogP contribution in [-0.4, -0.2) is 11.0 Å². The van der Waals surface area contributed by atoms with Crippen molar-refractivity contribution >= 4 is 11.6 Å². The molecule has 3 heteroatoms. The van der Waals surface area contributed by atoms with Crippen LogP contribution in [-0.2, 0) is 10.2 Å². The zero-order valence-electron chi connectivity index (χ0n) is 11.1. The molecule has 19 heavy (non-hydrogen) atoms. The number of benzene rings is 2. The van der Waals surface area contributed by atoms with E-state index in [1.54, 1.807) is 18.2 Å². The predicted molar refractivity (Wildman–Crippen MR) is 76.2 cm³/mol. The maximum absolute atomic E-state index is 12.4. The van der Waals surface area contributed by atoms with E-state index in [1.165, 1.54) is 6.07 Å². The molecule has 0 aliphatic carbocycles. The number of hydrogen-bond acceptors (Lipinski definition) is 2. The van der Waals surface area contributed by atoms with Crippen molar-refractivity contribution in [3.05, 3.63) is 60.2 Å². The van der Waals surface area contributed by atoms with Crippen molar-refractivity contribution in [2.75, 3.05) is 5.32 Å². The fraction of sp³-hybridized carbons (Fsp3) is 0.188. The second-order valence-corrected chi connectivity index (χ2v) is 5.00. The highest BCUT2D eigenvalue weighted by Crippen LogP contribution is 2.25. The van der Waals surface area contributed by atoms with E-state index in [0.717, 1.165) is 5.56 Å². The van der Waals surface area contributed by atoms with Crippen LogP contribution in [0.2, 0.25) is 0 Å². The highest BCUT2D eigenvalue weighted by Gasteiger charge is 2.29. The number of phenolic OH excluding ortho intramolecular Hbond substituents is 1. The van der Waals surface area contributed by atoms with E-state index in [1.807, 2.05) is 44.2 Å². The number of nitrogens with one attached hydrogen (secondary N) is 1. The van der Waals surface area contributed by atoms with Crippen molar-refractivity contribution in [1.29, 1.82) is 0 Å². The number of carbonyl (C=O) groups is 1. The third-order valence-corrected chi connectivity index (χ3v) is 3.17. The predicted octanol–water partition coefficient (Wildman–Crippen LogP) is 3.31. The summed E-state index contributed by atoms with van der Waals surface area (Å²) >= 11 is 0. The van der Waals surface area contributed by atoms with Gasteiger partial charge in [-0.25, -0.2) is 0 Å². The minimum Gasteiger partial charge on any atom is -0.508 e. The quantitative estimate of drug-likeness (QED) is 0.884. The molecule has 2 aromatic rings. The number of amides is 1. The highest BCUT2D eigenvalue weighted by molar-refractivity contribution is 5.98. The molecule has 0 bridgehead atoms.